The number of hydrogen-bond donors (Lipinski definition) is 2. The van der Waals surface area contributed by atoms with E-state index >= 15 is 0 Å². The first kappa shape index (κ1) is 14.1. The van der Waals surface area contributed by atoms with Crippen LogP contribution in [0.15, 0.2) is 36.0 Å². The second-order valence-corrected chi connectivity index (χ2v) is 6.93. The molecule has 1 fully saturated rings. The topological polar surface area (TPSA) is 59.6 Å². The fraction of sp³-hybridized carbons (Fsp3) is 0.421. The lowest BCUT2D eigenvalue weighted by molar-refractivity contribution is 0.139. The molecule has 1 aromatic heterocycles. The number of rotatable bonds is 2. The van der Waals surface area contributed by atoms with E-state index in [4.69, 9.17) is 0 Å². The summed E-state index contributed by atoms with van der Waals surface area (Å²) in [5, 5.41) is 10.7. The van der Waals surface area contributed by atoms with Gasteiger partial charge < -0.3 is 15.0 Å². The number of H-pyrrole nitrogens is 1. The number of benzene rings is 1. The minimum atomic E-state index is -0.364. The zero-order valence-electron chi connectivity index (χ0n) is 13.6. The summed E-state index contributed by atoms with van der Waals surface area (Å²) in [6.07, 6.45) is 6.11. The van der Waals surface area contributed by atoms with Gasteiger partial charge >= 0.3 is 6.03 Å². The molecule has 0 bridgehead atoms. The first-order valence-corrected chi connectivity index (χ1v) is 8.78. The van der Waals surface area contributed by atoms with Gasteiger partial charge in [-0.1, -0.05) is 24.3 Å². The molecule has 1 aliphatic carbocycles. The first-order chi connectivity index (χ1) is 11.8. The van der Waals surface area contributed by atoms with Crippen LogP contribution in [0.3, 0.4) is 0 Å². The number of aliphatic hydroxyl groups excluding tert-OH is 1. The van der Waals surface area contributed by atoms with Gasteiger partial charge in [-0.25, -0.2) is 4.79 Å². The number of fused-ring (bicyclic) bond motifs is 3. The highest BCUT2D eigenvalue weighted by Gasteiger charge is 2.58. The van der Waals surface area contributed by atoms with Crippen LogP contribution in [-0.2, 0) is 12.0 Å². The van der Waals surface area contributed by atoms with Crippen molar-refractivity contribution >= 4 is 16.9 Å². The van der Waals surface area contributed by atoms with E-state index in [1.165, 1.54) is 16.6 Å². The van der Waals surface area contributed by atoms with Crippen LogP contribution in [0.25, 0.3) is 10.9 Å². The Morgan fingerprint density at radius 3 is 3.04 bits per heavy atom. The quantitative estimate of drug-likeness (QED) is 0.893. The number of nitrogens with one attached hydrogen (secondary N) is 1. The lowest BCUT2D eigenvalue weighted by Gasteiger charge is -2.43. The summed E-state index contributed by atoms with van der Waals surface area (Å²) in [6, 6.07) is 8.46. The van der Waals surface area contributed by atoms with Crippen molar-refractivity contribution < 1.29 is 9.90 Å². The fourth-order valence-electron chi connectivity index (χ4n) is 4.94. The Morgan fingerprint density at radius 2 is 2.17 bits per heavy atom. The third-order valence-electron chi connectivity index (χ3n) is 5.85. The van der Waals surface area contributed by atoms with Gasteiger partial charge in [0, 0.05) is 17.4 Å². The zero-order valence-corrected chi connectivity index (χ0v) is 13.6. The third kappa shape index (κ3) is 1.55. The SMILES string of the molecule is O=C1N(CCO)C2=CCCC[C@]23c2[nH]c4ccccc4c2CCN13. The zero-order chi connectivity index (χ0) is 16.3. The van der Waals surface area contributed by atoms with Crippen LogP contribution in [0, 0.1) is 0 Å². The van der Waals surface area contributed by atoms with Gasteiger partial charge in [-0.2, -0.15) is 0 Å². The van der Waals surface area contributed by atoms with Crippen LogP contribution in [0.1, 0.15) is 30.5 Å². The summed E-state index contributed by atoms with van der Waals surface area (Å²) in [4.78, 5) is 20.5. The van der Waals surface area contributed by atoms with Crippen LogP contribution in [-0.4, -0.2) is 45.6 Å². The number of amides is 2. The predicted octanol–water partition coefficient (Wildman–Crippen LogP) is 2.72. The molecule has 124 valence electrons. The molecule has 3 heterocycles. The number of para-hydroxylation sites is 1. The van der Waals surface area contributed by atoms with E-state index in [9.17, 15) is 9.90 Å². The second kappa shape index (κ2) is 4.86. The van der Waals surface area contributed by atoms with Crippen LogP contribution in [0.2, 0.25) is 0 Å². The summed E-state index contributed by atoms with van der Waals surface area (Å²) < 4.78 is 0. The average Bonchev–Trinajstić information content (AvgIpc) is 3.10. The first-order valence-electron chi connectivity index (χ1n) is 8.78. The van der Waals surface area contributed by atoms with Gasteiger partial charge in [0.2, 0.25) is 0 Å². The molecule has 0 radical (unpaired) electrons. The summed E-state index contributed by atoms with van der Waals surface area (Å²) in [5.74, 6) is 0. The van der Waals surface area contributed by atoms with Gasteiger partial charge in [0.25, 0.3) is 0 Å². The lowest BCUT2D eigenvalue weighted by Crippen LogP contribution is -2.49. The summed E-state index contributed by atoms with van der Waals surface area (Å²) >= 11 is 0. The maximum atomic E-state index is 13.0. The number of hydrogen-bond acceptors (Lipinski definition) is 2. The maximum absolute atomic E-state index is 13.0. The Labute approximate surface area is 140 Å². The molecule has 1 atom stereocenters. The van der Waals surface area contributed by atoms with Crippen molar-refractivity contribution in [1.29, 1.82) is 0 Å². The smallest absolute Gasteiger partial charge is 0.325 e. The fourth-order valence-corrected chi connectivity index (χ4v) is 4.94. The van der Waals surface area contributed by atoms with E-state index in [1.807, 2.05) is 4.90 Å². The Hall–Kier alpha value is -2.27. The Kier molecular flexibility index (Phi) is 2.86. The minimum absolute atomic E-state index is 0.00738. The standard InChI is InChI=1S/C19H21N3O2/c23-12-11-21-16-7-3-4-9-19(16)17-14(8-10-22(19)18(21)24)13-5-1-2-6-15(13)20-17/h1-2,5-7,20,23H,3-4,8-12H2/t19-/m1/s1. The van der Waals surface area contributed by atoms with E-state index in [0.29, 0.717) is 6.54 Å². The van der Waals surface area contributed by atoms with Gasteiger partial charge in [0.1, 0.15) is 5.54 Å². The molecule has 3 aliphatic rings. The van der Waals surface area contributed by atoms with Crippen molar-refractivity contribution in [2.24, 2.45) is 0 Å². The van der Waals surface area contributed by atoms with E-state index in [0.717, 1.165) is 43.4 Å². The van der Waals surface area contributed by atoms with E-state index in [1.54, 1.807) is 4.90 Å². The molecule has 5 nitrogen and oxygen atoms in total. The van der Waals surface area contributed by atoms with Crippen molar-refractivity contribution in [2.45, 2.75) is 31.2 Å². The summed E-state index contributed by atoms with van der Waals surface area (Å²) in [7, 11) is 0. The highest BCUT2D eigenvalue weighted by molar-refractivity contribution is 5.89. The number of urea groups is 1. The molecule has 0 saturated carbocycles. The van der Waals surface area contributed by atoms with Gasteiger partial charge in [-0.15, -0.1) is 0 Å². The summed E-state index contributed by atoms with van der Waals surface area (Å²) in [5.41, 5.74) is 4.40. The van der Waals surface area contributed by atoms with Crippen molar-refractivity contribution in [3.8, 4) is 0 Å². The molecule has 24 heavy (non-hydrogen) atoms. The molecule has 1 aromatic carbocycles. The second-order valence-electron chi connectivity index (χ2n) is 6.93. The highest BCUT2D eigenvalue weighted by atomic mass is 16.3. The molecule has 5 heteroatoms. The van der Waals surface area contributed by atoms with Gasteiger partial charge in [-0.3, -0.25) is 4.90 Å². The third-order valence-corrected chi connectivity index (χ3v) is 5.85. The Morgan fingerprint density at radius 1 is 1.29 bits per heavy atom. The maximum Gasteiger partial charge on any atom is 0.325 e. The summed E-state index contributed by atoms with van der Waals surface area (Å²) in [6.45, 7) is 1.11. The van der Waals surface area contributed by atoms with E-state index in [-0.39, 0.29) is 18.2 Å². The molecule has 2 amide bonds. The Bertz CT molecular complexity index is 869. The Balaban J connectivity index is 1.78. The van der Waals surface area contributed by atoms with Crippen LogP contribution >= 0.6 is 0 Å². The number of carbonyl (C=O) groups is 1. The molecule has 0 unspecified atom stereocenters. The number of aromatic nitrogens is 1. The lowest BCUT2D eigenvalue weighted by atomic mass is 9.76. The number of aromatic amines is 1. The number of allylic oxidation sites excluding steroid dienone is 1. The molecular weight excluding hydrogens is 302 g/mol. The molecule has 2 aromatic rings. The van der Waals surface area contributed by atoms with E-state index < -0.39 is 0 Å². The van der Waals surface area contributed by atoms with Crippen molar-refractivity contribution in [1.82, 2.24) is 14.8 Å². The van der Waals surface area contributed by atoms with Crippen LogP contribution < -0.4 is 0 Å². The van der Waals surface area contributed by atoms with Crippen molar-refractivity contribution in [3.05, 3.63) is 47.3 Å². The van der Waals surface area contributed by atoms with Crippen molar-refractivity contribution in [3.63, 3.8) is 0 Å². The highest BCUT2D eigenvalue weighted by Crippen LogP contribution is 2.53. The van der Waals surface area contributed by atoms with Crippen LogP contribution in [0.5, 0.6) is 0 Å². The number of nitrogens with zero attached hydrogens (tertiary/aromatic N) is 2. The number of aliphatic hydroxyl groups is 1. The van der Waals surface area contributed by atoms with Crippen LogP contribution in [0.4, 0.5) is 4.79 Å². The minimum Gasteiger partial charge on any atom is -0.395 e. The predicted molar refractivity (Wildman–Crippen MR) is 91.5 cm³/mol. The molecular formula is C19H21N3O2. The van der Waals surface area contributed by atoms with Gasteiger partial charge in [0.05, 0.1) is 24.5 Å². The van der Waals surface area contributed by atoms with Gasteiger partial charge in [0.15, 0.2) is 0 Å². The molecule has 1 spiro atoms. The largest absolute Gasteiger partial charge is 0.395 e. The van der Waals surface area contributed by atoms with E-state index in [2.05, 4.69) is 35.3 Å². The van der Waals surface area contributed by atoms with Crippen molar-refractivity contribution in [2.75, 3.05) is 19.7 Å². The van der Waals surface area contributed by atoms with Gasteiger partial charge in [-0.05, 0) is 37.3 Å². The normalized spacial score (nSPS) is 25.5. The molecule has 2 N–H and O–H groups in total. The molecule has 2 aliphatic heterocycles. The number of β-amino-alcohol motifs (C(OH)–C–C–N with tert-alkyl or cyclic N) is 1. The average molecular weight is 323 g/mol. The molecule has 1 saturated heterocycles. The molecule has 5 rings (SSSR count). The number of carbonyl (C=O) groups excluding carboxylic acids is 1. The monoisotopic (exact) mass is 323 g/mol.